The number of amides is 2. The molecule has 2 heterocycles. The molecule has 0 bridgehead atoms. The Labute approximate surface area is 183 Å². The lowest BCUT2D eigenvalue weighted by Crippen LogP contribution is -2.51. The van der Waals surface area contributed by atoms with Crippen LogP contribution >= 0.6 is 34.5 Å². The Morgan fingerprint density at radius 3 is 2.41 bits per heavy atom. The number of nitrogens with one attached hydrogen (secondary N) is 1. The van der Waals surface area contributed by atoms with E-state index < -0.39 is 0 Å². The predicted molar refractivity (Wildman–Crippen MR) is 116 cm³/mol. The fourth-order valence-corrected chi connectivity index (χ4v) is 4.27. The normalized spacial score (nSPS) is 14.0. The number of thiophene rings is 1. The molecule has 6 nitrogen and oxygen atoms in total. The average molecular weight is 454 g/mol. The second-order valence-electron chi connectivity index (χ2n) is 6.65. The molecular formula is C20H21Cl2N3O3S. The monoisotopic (exact) mass is 453 g/mol. The number of benzene rings is 1. The van der Waals surface area contributed by atoms with E-state index in [-0.39, 0.29) is 37.0 Å². The number of rotatable bonds is 7. The number of hydrogen-bond donors (Lipinski definition) is 1. The van der Waals surface area contributed by atoms with Crippen molar-refractivity contribution in [2.45, 2.75) is 12.8 Å². The molecular weight excluding hydrogens is 433 g/mol. The van der Waals surface area contributed by atoms with Crippen molar-refractivity contribution in [3.63, 3.8) is 0 Å². The van der Waals surface area contributed by atoms with Gasteiger partial charge in [-0.15, -0.1) is 11.3 Å². The van der Waals surface area contributed by atoms with E-state index in [1.165, 1.54) is 11.3 Å². The summed E-state index contributed by atoms with van der Waals surface area (Å²) in [7, 11) is 0. The van der Waals surface area contributed by atoms with Crippen molar-refractivity contribution in [3.8, 4) is 0 Å². The number of hydrogen-bond acceptors (Lipinski definition) is 5. The number of ketones is 1. The Morgan fingerprint density at radius 1 is 1.00 bits per heavy atom. The van der Waals surface area contributed by atoms with Crippen molar-refractivity contribution in [3.05, 3.63) is 50.6 Å². The van der Waals surface area contributed by atoms with Crippen molar-refractivity contribution >= 4 is 57.8 Å². The third kappa shape index (κ3) is 6.19. The minimum atomic E-state index is -0.313. The maximum absolute atomic E-state index is 12.4. The molecule has 1 N–H and O–H groups in total. The molecule has 29 heavy (non-hydrogen) atoms. The number of anilines is 1. The van der Waals surface area contributed by atoms with Gasteiger partial charge in [0.05, 0.1) is 15.8 Å². The van der Waals surface area contributed by atoms with Crippen LogP contribution in [0.2, 0.25) is 9.36 Å². The van der Waals surface area contributed by atoms with Crippen LogP contribution in [0.25, 0.3) is 0 Å². The summed E-state index contributed by atoms with van der Waals surface area (Å²) in [6.45, 7) is 2.52. The summed E-state index contributed by atoms with van der Waals surface area (Å²) in [4.78, 5) is 40.8. The van der Waals surface area contributed by atoms with Gasteiger partial charge in [0.25, 0.3) is 0 Å². The van der Waals surface area contributed by atoms with Gasteiger partial charge in [-0.1, -0.05) is 29.3 Å². The molecule has 2 aromatic rings. The third-order valence-corrected chi connectivity index (χ3v) is 6.18. The number of halogens is 2. The van der Waals surface area contributed by atoms with Crippen molar-refractivity contribution in [1.29, 1.82) is 0 Å². The number of Topliss-reactive ketones (excluding diaryl/α,β-unsaturated/α-hetero) is 1. The SMILES string of the molecule is O=C(CCC(=O)c1ccc(Cl)s1)NCC(=O)N1CCN(c2cccc(Cl)c2)CC1. The van der Waals surface area contributed by atoms with E-state index in [0.717, 1.165) is 5.69 Å². The molecule has 1 aromatic carbocycles. The van der Waals surface area contributed by atoms with Crippen LogP contribution in [0.5, 0.6) is 0 Å². The van der Waals surface area contributed by atoms with Crippen molar-refractivity contribution in [1.82, 2.24) is 10.2 Å². The smallest absolute Gasteiger partial charge is 0.242 e. The molecule has 0 atom stereocenters. The minimum absolute atomic E-state index is 0.0458. The predicted octanol–water partition coefficient (Wildman–Crippen LogP) is 3.48. The summed E-state index contributed by atoms with van der Waals surface area (Å²) in [6.07, 6.45) is 0.138. The lowest BCUT2D eigenvalue weighted by atomic mass is 10.2. The maximum Gasteiger partial charge on any atom is 0.242 e. The topological polar surface area (TPSA) is 69.7 Å². The Hall–Kier alpha value is -2.09. The summed E-state index contributed by atoms with van der Waals surface area (Å²) < 4.78 is 0.541. The summed E-state index contributed by atoms with van der Waals surface area (Å²) in [5.41, 5.74) is 1.04. The Kier molecular flexibility index (Phi) is 7.52. The molecule has 1 fully saturated rings. The van der Waals surface area contributed by atoms with Gasteiger partial charge in [0.2, 0.25) is 11.8 Å². The largest absolute Gasteiger partial charge is 0.368 e. The summed E-state index contributed by atoms with van der Waals surface area (Å²) in [5.74, 6) is -0.562. The molecule has 0 aliphatic carbocycles. The minimum Gasteiger partial charge on any atom is -0.368 e. The van der Waals surface area contributed by atoms with Crippen LogP contribution in [0, 0.1) is 0 Å². The van der Waals surface area contributed by atoms with E-state index in [1.54, 1.807) is 17.0 Å². The first-order valence-electron chi connectivity index (χ1n) is 9.26. The van der Waals surface area contributed by atoms with Crippen LogP contribution in [0.1, 0.15) is 22.5 Å². The second kappa shape index (κ2) is 10.1. The molecule has 1 aliphatic heterocycles. The van der Waals surface area contributed by atoms with Gasteiger partial charge in [-0.3, -0.25) is 14.4 Å². The lowest BCUT2D eigenvalue weighted by Gasteiger charge is -2.36. The van der Waals surface area contributed by atoms with E-state index in [4.69, 9.17) is 23.2 Å². The average Bonchev–Trinajstić information content (AvgIpc) is 3.16. The molecule has 1 aliphatic rings. The first-order valence-corrected chi connectivity index (χ1v) is 10.8. The van der Waals surface area contributed by atoms with Crippen LogP contribution in [0.4, 0.5) is 5.69 Å². The second-order valence-corrected chi connectivity index (χ2v) is 8.80. The van der Waals surface area contributed by atoms with Gasteiger partial charge in [-0.25, -0.2) is 0 Å². The van der Waals surface area contributed by atoms with E-state index in [2.05, 4.69) is 10.2 Å². The van der Waals surface area contributed by atoms with Crippen LogP contribution in [-0.2, 0) is 9.59 Å². The van der Waals surface area contributed by atoms with E-state index >= 15 is 0 Å². The van der Waals surface area contributed by atoms with Gasteiger partial charge in [0, 0.05) is 49.7 Å². The first-order chi connectivity index (χ1) is 13.9. The first kappa shape index (κ1) is 21.6. The molecule has 1 saturated heterocycles. The van der Waals surface area contributed by atoms with E-state index in [1.807, 2.05) is 24.3 Å². The van der Waals surface area contributed by atoms with Gasteiger partial charge in [0.1, 0.15) is 0 Å². The molecule has 0 spiro atoms. The van der Waals surface area contributed by atoms with Crippen molar-refractivity contribution in [2.24, 2.45) is 0 Å². The van der Waals surface area contributed by atoms with Crippen LogP contribution in [-0.4, -0.2) is 55.2 Å². The number of nitrogens with zero attached hydrogens (tertiary/aromatic N) is 2. The van der Waals surface area contributed by atoms with Crippen molar-refractivity contribution in [2.75, 3.05) is 37.6 Å². The van der Waals surface area contributed by atoms with Crippen LogP contribution < -0.4 is 10.2 Å². The van der Waals surface area contributed by atoms with Gasteiger partial charge < -0.3 is 15.1 Å². The highest BCUT2D eigenvalue weighted by Gasteiger charge is 2.22. The van der Waals surface area contributed by atoms with Gasteiger partial charge in [-0.2, -0.15) is 0 Å². The number of carbonyl (C=O) groups is 3. The Morgan fingerprint density at radius 2 is 1.76 bits per heavy atom. The molecule has 0 saturated carbocycles. The molecule has 3 rings (SSSR count). The fraction of sp³-hybridized carbons (Fsp3) is 0.350. The van der Waals surface area contributed by atoms with Gasteiger partial charge in [-0.05, 0) is 30.3 Å². The third-order valence-electron chi connectivity index (χ3n) is 4.67. The standard InChI is InChI=1S/C20H21Cl2N3O3S/c21-14-2-1-3-15(12-14)24-8-10-25(11-9-24)20(28)13-23-19(27)7-4-16(26)17-5-6-18(22)29-17/h1-3,5-6,12H,4,7-11,13H2,(H,23,27). The zero-order valence-electron chi connectivity index (χ0n) is 15.7. The highest BCUT2D eigenvalue weighted by Crippen LogP contribution is 2.23. The lowest BCUT2D eigenvalue weighted by molar-refractivity contribution is -0.133. The summed E-state index contributed by atoms with van der Waals surface area (Å²) in [5, 5.41) is 3.29. The zero-order chi connectivity index (χ0) is 20.8. The highest BCUT2D eigenvalue weighted by atomic mass is 35.5. The number of piperazine rings is 1. The summed E-state index contributed by atoms with van der Waals surface area (Å²) in [6, 6.07) is 10.9. The van der Waals surface area contributed by atoms with Crippen LogP contribution in [0.15, 0.2) is 36.4 Å². The van der Waals surface area contributed by atoms with Gasteiger partial charge in [0.15, 0.2) is 5.78 Å². The molecule has 1 aromatic heterocycles. The maximum atomic E-state index is 12.4. The Balaban J connectivity index is 1.37. The molecule has 154 valence electrons. The molecule has 0 radical (unpaired) electrons. The Bertz CT molecular complexity index is 895. The zero-order valence-corrected chi connectivity index (χ0v) is 18.0. The molecule has 2 amide bonds. The van der Waals surface area contributed by atoms with E-state index in [0.29, 0.717) is 40.4 Å². The molecule has 0 unspecified atom stereocenters. The quantitative estimate of drug-likeness (QED) is 0.651. The summed E-state index contributed by atoms with van der Waals surface area (Å²) >= 11 is 13.0. The fourth-order valence-electron chi connectivity index (χ4n) is 3.08. The highest BCUT2D eigenvalue weighted by molar-refractivity contribution is 7.18. The molecule has 9 heteroatoms. The van der Waals surface area contributed by atoms with Crippen LogP contribution in [0.3, 0.4) is 0 Å². The van der Waals surface area contributed by atoms with Gasteiger partial charge >= 0.3 is 0 Å². The van der Waals surface area contributed by atoms with E-state index in [9.17, 15) is 14.4 Å². The van der Waals surface area contributed by atoms with Crippen molar-refractivity contribution < 1.29 is 14.4 Å². The number of carbonyl (C=O) groups excluding carboxylic acids is 3.